The Morgan fingerprint density at radius 2 is 1.68 bits per heavy atom. The molecule has 2 bridgehead atoms. The second-order valence-corrected chi connectivity index (χ2v) is 7.05. The summed E-state index contributed by atoms with van der Waals surface area (Å²) in [7, 11) is 0. The lowest BCUT2D eigenvalue weighted by Crippen LogP contribution is -2.39. The Bertz CT molecular complexity index is 761. The van der Waals surface area contributed by atoms with Gasteiger partial charge in [-0.1, -0.05) is 12.1 Å². The predicted molar refractivity (Wildman–Crippen MR) is 86.6 cm³/mol. The zero-order valence-electron chi connectivity index (χ0n) is 13.5. The number of hydrogen-bond donors (Lipinski definition) is 2. The summed E-state index contributed by atoms with van der Waals surface area (Å²) in [6.45, 7) is -0.363. The van der Waals surface area contributed by atoms with Gasteiger partial charge in [0.25, 0.3) is 0 Å². The molecular formula is C18H18N2O5. The van der Waals surface area contributed by atoms with Crippen molar-refractivity contribution in [2.24, 2.45) is 23.7 Å². The first kappa shape index (κ1) is 15.8. The Morgan fingerprint density at radius 3 is 2.28 bits per heavy atom. The van der Waals surface area contributed by atoms with Crippen molar-refractivity contribution >= 4 is 29.4 Å². The summed E-state index contributed by atoms with van der Waals surface area (Å²) >= 11 is 0. The second kappa shape index (κ2) is 5.68. The number of amides is 3. The van der Waals surface area contributed by atoms with Crippen LogP contribution >= 0.6 is 0 Å². The fraction of sp³-hybridized carbons (Fsp3) is 0.444. The van der Waals surface area contributed by atoms with Gasteiger partial charge in [-0.25, -0.2) is 4.79 Å². The zero-order chi connectivity index (χ0) is 17.7. The van der Waals surface area contributed by atoms with Crippen LogP contribution in [0.2, 0.25) is 0 Å². The molecule has 2 N–H and O–H groups in total. The van der Waals surface area contributed by atoms with Crippen molar-refractivity contribution in [3.05, 3.63) is 29.8 Å². The lowest BCUT2D eigenvalue weighted by atomic mass is 9.81. The molecule has 7 heteroatoms. The van der Waals surface area contributed by atoms with E-state index in [0.29, 0.717) is 0 Å². The summed E-state index contributed by atoms with van der Waals surface area (Å²) in [5.74, 6) is -2.19. The molecule has 130 valence electrons. The van der Waals surface area contributed by atoms with Gasteiger partial charge < -0.3 is 10.4 Å². The molecule has 1 aromatic rings. The van der Waals surface area contributed by atoms with E-state index < -0.39 is 11.9 Å². The molecule has 1 aliphatic heterocycles. The van der Waals surface area contributed by atoms with Crippen molar-refractivity contribution < 1.29 is 24.3 Å². The summed E-state index contributed by atoms with van der Waals surface area (Å²) < 4.78 is 0. The summed E-state index contributed by atoms with van der Waals surface area (Å²) in [4.78, 5) is 49.7. The van der Waals surface area contributed by atoms with Crippen molar-refractivity contribution in [2.75, 3.05) is 11.9 Å². The molecule has 3 fully saturated rings. The number of imide groups is 1. The smallest absolute Gasteiger partial charge is 0.337 e. The Labute approximate surface area is 144 Å². The number of rotatable bonds is 4. The normalized spacial score (nSPS) is 29.8. The van der Waals surface area contributed by atoms with Crippen LogP contribution < -0.4 is 5.32 Å². The molecule has 25 heavy (non-hydrogen) atoms. The molecule has 4 unspecified atom stereocenters. The number of carbonyl (C=O) groups is 4. The number of carboxylic acids is 1. The molecule has 2 aliphatic carbocycles. The minimum Gasteiger partial charge on any atom is -0.478 e. The van der Waals surface area contributed by atoms with Crippen molar-refractivity contribution in [2.45, 2.75) is 19.3 Å². The van der Waals surface area contributed by atoms with Crippen LogP contribution in [0, 0.1) is 23.7 Å². The lowest BCUT2D eigenvalue weighted by molar-refractivity contribution is -0.143. The van der Waals surface area contributed by atoms with Gasteiger partial charge in [0.15, 0.2) is 0 Å². The number of hydrogen-bond acceptors (Lipinski definition) is 4. The predicted octanol–water partition coefficient (Wildman–Crippen LogP) is 1.35. The van der Waals surface area contributed by atoms with Crippen LogP contribution in [0.5, 0.6) is 0 Å². The number of para-hydroxylation sites is 1. The van der Waals surface area contributed by atoms with Gasteiger partial charge >= 0.3 is 5.97 Å². The van der Waals surface area contributed by atoms with Gasteiger partial charge in [0.2, 0.25) is 17.7 Å². The topological polar surface area (TPSA) is 104 Å². The largest absolute Gasteiger partial charge is 0.478 e. The molecule has 4 rings (SSSR count). The van der Waals surface area contributed by atoms with Crippen LogP contribution in [0.4, 0.5) is 5.69 Å². The molecule has 4 atom stereocenters. The maximum absolute atomic E-state index is 12.6. The molecule has 3 amide bonds. The highest BCUT2D eigenvalue weighted by atomic mass is 16.4. The number of aromatic carboxylic acids is 1. The van der Waals surface area contributed by atoms with Crippen LogP contribution in [-0.2, 0) is 14.4 Å². The highest BCUT2D eigenvalue weighted by Crippen LogP contribution is 2.56. The Kier molecular flexibility index (Phi) is 3.59. The van der Waals surface area contributed by atoms with Crippen molar-refractivity contribution in [3.8, 4) is 0 Å². The van der Waals surface area contributed by atoms with Gasteiger partial charge in [-0.2, -0.15) is 0 Å². The van der Waals surface area contributed by atoms with Crippen molar-refractivity contribution in [3.63, 3.8) is 0 Å². The number of likely N-dealkylation sites (tertiary alicyclic amines) is 1. The summed E-state index contributed by atoms with van der Waals surface area (Å²) in [6.07, 6.45) is 2.91. The first-order valence-corrected chi connectivity index (χ1v) is 8.44. The van der Waals surface area contributed by atoms with E-state index in [1.807, 2.05) is 0 Å². The quantitative estimate of drug-likeness (QED) is 0.804. The average Bonchev–Trinajstić information content (AvgIpc) is 3.25. The molecular weight excluding hydrogens is 324 g/mol. The Balaban J connectivity index is 1.48. The molecule has 7 nitrogen and oxygen atoms in total. The third-order valence-corrected chi connectivity index (χ3v) is 5.75. The standard InChI is InChI=1S/C18H18N2O5/c21-13(19-12-4-2-1-3-11(12)18(24)25)8-20-16(22)14-9-5-6-10(7-9)15(14)17(20)23/h1-4,9-10,14-15H,5-8H2,(H,19,21)(H,24,25). The molecule has 1 aromatic carbocycles. The van der Waals surface area contributed by atoms with Gasteiger partial charge in [0, 0.05) is 0 Å². The van der Waals surface area contributed by atoms with E-state index in [2.05, 4.69) is 5.32 Å². The minimum atomic E-state index is -1.16. The first-order valence-electron chi connectivity index (χ1n) is 8.44. The van der Waals surface area contributed by atoms with Crippen LogP contribution in [0.1, 0.15) is 29.6 Å². The number of benzene rings is 1. The average molecular weight is 342 g/mol. The van der Waals surface area contributed by atoms with Crippen molar-refractivity contribution in [1.82, 2.24) is 4.90 Å². The number of carboxylic acid groups (broad SMARTS) is 1. The SMILES string of the molecule is O=C(CN1C(=O)C2C3CCC(C3)C2C1=O)Nc1ccccc1C(=O)O. The van der Waals surface area contributed by atoms with Crippen LogP contribution in [-0.4, -0.2) is 40.2 Å². The van der Waals surface area contributed by atoms with Gasteiger partial charge in [-0.15, -0.1) is 0 Å². The molecule has 0 aromatic heterocycles. The zero-order valence-corrected chi connectivity index (χ0v) is 13.5. The minimum absolute atomic E-state index is 0.0372. The van der Waals surface area contributed by atoms with Gasteiger partial charge in [-0.3, -0.25) is 19.3 Å². The third kappa shape index (κ3) is 2.42. The molecule has 2 saturated carbocycles. The monoisotopic (exact) mass is 342 g/mol. The molecule has 3 aliphatic rings. The number of fused-ring (bicyclic) bond motifs is 5. The number of anilines is 1. The summed E-state index contributed by atoms with van der Waals surface area (Å²) in [5, 5.41) is 11.6. The van der Waals surface area contributed by atoms with Gasteiger partial charge in [0.05, 0.1) is 23.1 Å². The van der Waals surface area contributed by atoms with Crippen LogP contribution in [0.3, 0.4) is 0 Å². The van der Waals surface area contributed by atoms with E-state index in [1.54, 1.807) is 12.1 Å². The third-order valence-electron chi connectivity index (χ3n) is 5.75. The first-order chi connectivity index (χ1) is 12.0. The summed E-state index contributed by atoms with van der Waals surface area (Å²) in [6, 6.07) is 6.02. The van der Waals surface area contributed by atoms with E-state index in [0.717, 1.165) is 24.2 Å². The number of nitrogens with one attached hydrogen (secondary N) is 1. The fourth-order valence-corrected chi connectivity index (χ4v) is 4.74. The van der Waals surface area contributed by atoms with E-state index in [9.17, 15) is 19.2 Å². The molecule has 0 spiro atoms. The Hall–Kier alpha value is -2.70. The fourth-order valence-electron chi connectivity index (χ4n) is 4.74. The molecule has 0 radical (unpaired) electrons. The van der Waals surface area contributed by atoms with E-state index in [-0.39, 0.29) is 53.3 Å². The molecule has 1 heterocycles. The van der Waals surface area contributed by atoms with Gasteiger partial charge in [-0.05, 0) is 43.2 Å². The maximum Gasteiger partial charge on any atom is 0.337 e. The van der Waals surface area contributed by atoms with E-state index in [1.165, 1.54) is 12.1 Å². The van der Waals surface area contributed by atoms with E-state index >= 15 is 0 Å². The maximum atomic E-state index is 12.6. The van der Waals surface area contributed by atoms with Gasteiger partial charge in [0.1, 0.15) is 6.54 Å². The highest BCUT2D eigenvalue weighted by Gasteiger charge is 2.60. The number of nitrogens with zero attached hydrogens (tertiary/aromatic N) is 1. The van der Waals surface area contributed by atoms with Crippen LogP contribution in [0.15, 0.2) is 24.3 Å². The Morgan fingerprint density at radius 1 is 1.08 bits per heavy atom. The highest BCUT2D eigenvalue weighted by molar-refractivity contribution is 6.10. The summed E-state index contributed by atoms with van der Waals surface area (Å²) in [5.41, 5.74) is 0.115. The van der Waals surface area contributed by atoms with Crippen LogP contribution in [0.25, 0.3) is 0 Å². The van der Waals surface area contributed by atoms with E-state index in [4.69, 9.17) is 5.11 Å². The molecule has 1 saturated heterocycles. The van der Waals surface area contributed by atoms with Crippen molar-refractivity contribution in [1.29, 1.82) is 0 Å². The second-order valence-electron chi connectivity index (χ2n) is 7.05. The lowest BCUT2D eigenvalue weighted by Gasteiger charge is -2.19. The number of carbonyl (C=O) groups excluding carboxylic acids is 3.